The Balaban J connectivity index is 1.33. The van der Waals surface area contributed by atoms with Crippen molar-refractivity contribution in [1.29, 1.82) is 5.26 Å². The van der Waals surface area contributed by atoms with Crippen molar-refractivity contribution in [2.75, 3.05) is 37.7 Å². The van der Waals surface area contributed by atoms with Crippen LogP contribution < -0.4 is 20.1 Å². The summed E-state index contributed by atoms with van der Waals surface area (Å²) in [6.45, 7) is 4.74. The van der Waals surface area contributed by atoms with Crippen molar-refractivity contribution >= 4 is 40.1 Å². The minimum Gasteiger partial charge on any atom is -0.489 e. The molecule has 5 unspecified atom stereocenters. The quantitative estimate of drug-likeness (QED) is 0.293. The maximum Gasteiger partial charge on any atom is 0.319 e. The van der Waals surface area contributed by atoms with Gasteiger partial charge in [0.05, 0.1) is 39.4 Å². The van der Waals surface area contributed by atoms with Gasteiger partial charge in [-0.2, -0.15) is 15.2 Å². The summed E-state index contributed by atoms with van der Waals surface area (Å²) in [4.78, 5) is 13.7. The zero-order valence-corrected chi connectivity index (χ0v) is 27.2. The van der Waals surface area contributed by atoms with E-state index in [2.05, 4.69) is 22.9 Å². The average Bonchev–Trinajstić information content (AvgIpc) is 3.65. The van der Waals surface area contributed by atoms with Crippen molar-refractivity contribution in [2.45, 2.75) is 73.2 Å². The van der Waals surface area contributed by atoms with Gasteiger partial charge < -0.3 is 20.1 Å². The highest BCUT2D eigenvalue weighted by Gasteiger charge is 2.48. The summed E-state index contributed by atoms with van der Waals surface area (Å²) in [5.74, 6) is -2.56. The molecule has 248 valence electrons. The summed E-state index contributed by atoms with van der Waals surface area (Å²) >= 11 is 8.00. The second-order valence-corrected chi connectivity index (χ2v) is 15.1. The number of anilines is 1. The number of ether oxygens (including phenoxy) is 2. The van der Waals surface area contributed by atoms with E-state index < -0.39 is 41.3 Å². The number of benzene rings is 2. The van der Waals surface area contributed by atoms with E-state index in [9.17, 15) is 18.4 Å². The molecule has 8 nitrogen and oxygen atoms in total. The Morgan fingerprint density at radius 3 is 2.87 bits per heavy atom. The topological polar surface area (TPSA) is 101 Å². The molecule has 0 aliphatic carbocycles. The Labute approximate surface area is 278 Å². The molecular formula is C33H33ClF4N6O2S. The van der Waals surface area contributed by atoms with Gasteiger partial charge in [-0.15, -0.1) is 11.8 Å². The van der Waals surface area contributed by atoms with E-state index in [0.717, 1.165) is 44.1 Å². The normalized spacial score (nSPS) is 29.8. The number of thioether (sulfide) groups is 1. The van der Waals surface area contributed by atoms with Crippen molar-refractivity contribution in [3.05, 3.63) is 34.4 Å². The van der Waals surface area contributed by atoms with E-state index in [-0.39, 0.29) is 67.2 Å². The highest BCUT2D eigenvalue weighted by molar-refractivity contribution is 8.00. The summed E-state index contributed by atoms with van der Waals surface area (Å²) in [5.41, 5.74) is 6.17. The lowest BCUT2D eigenvalue weighted by Gasteiger charge is -2.40. The van der Waals surface area contributed by atoms with Crippen LogP contribution in [0, 0.1) is 34.8 Å². The molecule has 5 aliphatic heterocycles. The summed E-state index contributed by atoms with van der Waals surface area (Å²) in [6, 6.07) is 3.87. The second-order valence-electron chi connectivity index (χ2n) is 13.5. The SMILES string of the molecule is C[C@H]1CN2CCCC2(COc2nc3c4c(c(Cl)c(-c5ccc(F)c6c5C(C#N)C(N)S6)c(F)c4n2)OCC2C(C(F)F)CCCN32)C1. The van der Waals surface area contributed by atoms with Crippen LogP contribution in [0.25, 0.3) is 22.0 Å². The number of nitrogens with two attached hydrogens (primary N) is 1. The lowest BCUT2D eigenvalue weighted by Crippen LogP contribution is -2.50. The number of hydrogen-bond donors (Lipinski definition) is 1. The molecule has 6 heterocycles. The van der Waals surface area contributed by atoms with Crippen LogP contribution in [0.4, 0.5) is 23.4 Å². The first-order chi connectivity index (χ1) is 22.6. The van der Waals surface area contributed by atoms with Crippen LogP contribution in [0.3, 0.4) is 0 Å². The minimum absolute atomic E-state index is 0.0498. The van der Waals surface area contributed by atoms with Crippen molar-refractivity contribution in [2.24, 2.45) is 17.6 Å². The smallest absolute Gasteiger partial charge is 0.319 e. The number of fused-ring (bicyclic) bond motifs is 4. The van der Waals surface area contributed by atoms with Gasteiger partial charge >= 0.3 is 6.01 Å². The molecule has 5 aliphatic rings. The van der Waals surface area contributed by atoms with Crippen LogP contribution in [0.1, 0.15) is 50.5 Å². The molecule has 3 fully saturated rings. The van der Waals surface area contributed by atoms with Gasteiger partial charge in [0.2, 0.25) is 6.43 Å². The molecule has 0 spiro atoms. The number of piperidine rings is 1. The van der Waals surface area contributed by atoms with Crippen LogP contribution in [-0.4, -0.2) is 71.1 Å². The maximum atomic E-state index is 17.1. The number of aromatic nitrogens is 2. The minimum atomic E-state index is -2.60. The average molecular weight is 689 g/mol. The molecule has 2 N–H and O–H groups in total. The molecule has 2 aromatic carbocycles. The molecule has 0 bridgehead atoms. The number of nitrogens with zero attached hydrogens (tertiary/aromatic N) is 5. The van der Waals surface area contributed by atoms with Crippen molar-refractivity contribution < 1.29 is 27.0 Å². The predicted octanol–water partition coefficient (Wildman–Crippen LogP) is 6.72. The Kier molecular flexibility index (Phi) is 7.66. The summed E-state index contributed by atoms with van der Waals surface area (Å²) in [5, 5.41) is 9.22. The van der Waals surface area contributed by atoms with E-state index in [1.165, 1.54) is 12.1 Å². The molecule has 0 saturated carbocycles. The molecular weight excluding hydrogens is 656 g/mol. The van der Waals surface area contributed by atoms with E-state index >= 15 is 4.39 Å². The molecule has 8 rings (SSSR count). The summed E-state index contributed by atoms with van der Waals surface area (Å²) in [6.07, 6.45) is 1.16. The van der Waals surface area contributed by atoms with Gasteiger partial charge in [0, 0.05) is 29.5 Å². The Morgan fingerprint density at radius 2 is 2.09 bits per heavy atom. The largest absolute Gasteiger partial charge is 0.489 e. The van der Waals surface area contributed by atoms with E-state index in [1.807, 2.05) is 0 Å². The maximum absolute atomic E-state index is 17.1. The zero-order valence-electron chi connectivity index (χ0n) is 25.6. The highest BCUT2D eigenvalue weighted by Crippen LogP contribution is 2.54. The zero-order chi connectivity index (χ0) is 32.8. The third-order valence-corrected chi connectivity index (χ3v) is 12.2. The number of hydrogen-bond acceptors (Lipinski definition) is 9. The van der Waals surface area contributed by atoms with Crippen molar-refractivity contribution in [3.8, 4) is 29.0 Å². The first-order valence-corrected chi connectivity index (χ1v) is 17.3. The van der Waals surface area contributed by atoms with Gasteiger partial charge in [-0.1, -0.05) is 24.6 Å². The monoisotopic (exact) mass is 688 g/mol. The van der Waals surface area contributed by atoms with Crippen LogP contribution in [-0.2, 0) is 0 Å². The predicted molar refractivity (Wildman–Crippen MR) is 170 cm³/mol. The van der Waals surface area contributed by atoms with Crippen LogP contribution in [0.2, 0.25) is 5.02 Å². The number of nitriles is 1. The molecule has 6 atom stereocenters. The molecule has 0 amide bonds. The Bertz CT molecular complexity index is 1830. The van der Waals surface area contributed by atoms with Crippen LogP contribution in [0.15, 0.2) is 17.0 Å². The van der Waals surface area contributed by atoms with Crippen LogP contribution in [0.5, 0.6) is 11.8 Å². The number of rotatable bonds is 5. The number of halogens is 5. The molecule has 3 aromatic rings. The van der Waals surface area contributed by atoms with Gasteiger partial charge in [0.15, 0.2) is 11.6 Å². The van der Waals surface area contributed by atoms with Crippen LogP contribution >= 0.6 is 23.4 Å². The fourth-order valence-corrected chi connectivity index (χ4v) is 10.1. The molecule has 14 heteroatoms. The summed E-state index contributed by atoms with van der Waals surface area (Å²) in [7, 11) is 0. The second kappa shape index (κ2) is 11.5. The first kappa shape index (κ1) is 31.2. The van der Waals surface area contributed by atoms with E-state index in [0.29, 0.717) is 31.9 Å². The molecule has 0 radical (unpaired) electrons. The van der Waals surface area contributed by atoms with E-state index in [1.54, 1.807) is 4.90 Å². The lowest BCUT2D eigenvalue weighted by atomic mass is 9.89. The Morgan fingerprint density at radius 1 is 1.26 bits per heavy atom. The fraction of sp³-hybridized carbons (Fsp3) is 0.545. The third-order valence-electron chi connectivity index (χ3n) is 10.7. The standard InChI is InChI=1S/C33H33ClF4N6O2S/c1-15-10-33(7-3-8-43(33)12-15)14-46-32-41-26-23-27(45-13-20-16(29(37)38)4-2-9-44(20)31(23)42-32)24(34)22(25(26)36)17-5-6-19(35)28-21(17)18(11-39)30(40)47-28/h5-6,15-16,18,20,29-30H,2-4,7-10,12-14,40H2,1H3/t15-,16?,18?,20?,30?,33?/m1/s1. The van der Waals surface area contributed by atoms with Gasteiger partial charge in [-0.25, -0.2) is 17.6 Å². The van der Waals surface area contributed by atoms with E-state index in [4.69, 9.17) is 31.8 Å². The van der Waals surface area contributed by atoms with Gasteiger partial charge in [0.25, 0.3) is 0 Å². The third kappa shape index (κ3) is 4.76. The van der Waals surface area contributed by atoms with Gasteiger partial charge in [-0.3, -0.25) is 4.90 Å². The summed E-state index contributed by atoms with van der Waals surface area (Å²) < 4.78 is 73.4. The van der Waals surface area contributed by atoms with Gasteiger partial charge in [-0.05, 0) is 61.8 Å². The van der Waals surface area contributed by atoms with Crippen molar-refractivity contribution in [1.82, 2.24) is 14.9 Å². The lowest BCUT2D eigenvalue weighted by molar-refractivity contribution is 0.0361. The first-order valence-electron chi connectivity index (χ1n) is 16.0. The number of alkyl halides is 2. The molecule has 47 heavy (non-hydrogen) atoms. The fourth-order valence-electron chi connectivity index (χ4n) is 8.65. The highest BCUT2D eigenvalue weighted by atomic mass is 35.5. The Hall–Kier alpha value is -3.05. The van der Waals surface area contributed by atoms with Gasteiger partial charge in [0.1, 0.15) is 30.4 Å². The van der Waals surface area contributed by atoms with Crippen molar-refractivity contribution in [3.63, 3.8) is 0 Å². The molecule has 3 saturated heterocycles. The molecule has 1 aromatic heterocycles.